The standard InChI is InChI=1S/C30H30FN5O3S/c31-25-7-10-27-28(19-25)33-13-11-29(27)34-15-17-35(18-16-34)30(37)24-4-2-14-36(21-24)40(38,39)26-8-5-22(6-9-26)23-3-1-12-32-20-23/h1,3,5-13,19-20,24H,2,4,14-18,21H2. The van der Waals surface area contributed by atoms with Crippen molar-refractivity contribution in [2.45, 2.75) is 17.7 Å². The Morgan fingerprint density at radius 2 is 1.70 bits per heavy atom. The first kappa shape index (κ1) is 26.3. The molecule has 2 aromatic heterocycles. The number of pyridine rings is 2. The third-order valence-electron chi connectivity index (χ3n) is 7.83. The number of hydrogen-bond acceptors (Lipinski definition) is 6. The van der Waals surface area contributed by atoms with E-state index >= 15 is 0 Å². The normalized spacial score (nSPS) is 18.7. The van der Waals surface area contributed by atoms with Crippen LogP contribution in [0.2, 0.25) is 0 Å². The van der Waals surface area contributed by atoms with Gasteiger partial charge in [0.15, 0.2) is 0 Å². The maximum absolute atomic E-state index is 13.7. The number of halogens is 1. The second kappa shape index (κ2) is 10.9. The largest absolute Gasteiger partial charge is 0.367 e. The molecule has 0 aliphatic carbocycles. The molecule has 10 heteroatoms. The fourth-order valence-corrected chi connectivity index (χ4v) is 7.20. The predicted molar refractivity (Wildman–Crippen MR) is 152 cm³/mol. The van der Waals surface area contributed by atoms with Crippen molar-refractivity contribution in [2.75, 3.05) is 44.2 Å². The highest BCUT2D eigenvalue weighted by Crippen LogP contribution is 2.29. The van der Waals surface area contributed by atoms with Gasteiger partial charge in [-0.3, -0.25) is 14.8 Å². The number of hydrogen-bond donors (Lipinski definition) is 0. The summed E-state index contributed by atoms with van der Waals surface area (Å²) in [4.78, 5) is 26.2. The van der Waals surface area contributed by atoms with Crippen LogP contribution in [0.5, 0.6) is 0 Å². The van der Waals surface area contributed by atoms with Gasteiger partial charge in [-0.05, 0) is 60.4 Å². The Balaban J connectivity index is 1.10. The zero-order valence-electron chi connectivity index (χ0n) is 22.0. The summed E-state index contributed by atoms with van der Waals surface area (Å²) in [6.07, 6.45) is 6.43. The second-order valence-corrected chi connectivity index (χ2v) is 12.2. The average Bonchev–Trinajstić information content (AvgIpc) is 3.01. The van der Waals surface area contributed by atoms with Crippen molar-refractivity contribution in [1.29, 1.82) is 0 Å². The molecule has 0 spiro atoms. The van der Waals surface area contributed by atoms with Crippen molar-refractivity contribution in [3.8, 4) is 11.1 Å². The van der Waals surface area contributed by atoms with E-state index in [-0.39, 0.29) is 29.1 Å². The zero-order chi connectivity index (χ0) is 27.7. The minimum absolute atomic E-state index is 0.00753. The molecule has 1 atom stereocenters. The van der Waals surface area contributed by atoms with Gasteiger partial charge in [0, 0.05) is 75.0 Å². The van der Waals surface area contributed by atoms with E-state index in [4.69, 9.17) is 0 Å². The molecular formula is C30H30FN5O3S. The number of nitrogens with zero attached hydrogens (tertiary/aromatic N) is 5. The molecule has 2 saturated heterocycles. The summed E-state index contributed by atoms with van der Waals surface area (Å²) in [5.74, 6) is -0.680. The van der Waals surface area contributed by atoms with Crippen LogP contribution in [0, 0.1) is 11.7 Å². The predicted octanol–water partition coefficient (Wildman–Crippen LogP) is 4.19. The molecule has 4 heterocycles. The summed E-state index contributed by atoms with van der Waals surface area (Å²) < 4.78 is 42.0. The molecule has 40 heavy (non-hydrogen) atoms. The van der Waals surface area contributed by atoms with Gasteiger partial charge in [0.1, 0.15) is 5.82 Å². The summed E-state index contributed by atoms with van der Waals surface area (Å²) in [7, 11) is -3.72. The number of piperidine rings is 1. The Kier molecular flexibility index (Phi) is 7.20. The first-order valence-electron chi connectivity index (χ1n) is 13.5. The Morgan fingerprint density at radius 1 is 0.900 bits per heavy atom. The van der Waals surface area contributed by atoms with Crippen LogP contribution in [0.3, 0.4) is 0 Å². The van der Waals surface area contributed by atoms with E-state index in [2.05, 4.69) is 14.9 Å². The van der Waals surface area contributed by atoms with Gasteiger partial charge in [0.05, 0.1) is 16.3 Å². The van der Waals surface area contributed by atoms with Crippen molar-refractivity contribution >= 4 is 32.5 Å². The van der Waals surface area contributed by atoms with Gasteiger partial charge in [-0.1, -0.05) is 18.2 Å². The number of amides is 1. The van der Waals surface area contributed by atoms with Gasteiger partial charge in [0.2, 0.25) is 15.9 Å². The van der Waals surface area contributed by atoms with Crippen LogP contribution in [0.4, 0.5) is 10.1 Å². The van der Waals surface area contributed by atoms with Crippen LogP contribution in [-0.2, 0) is 14.8 Å². The number of carbonyl (C=O) groups excluding carboxylic acids is 1. The van der Waals surface area contributed by atoms with E-state index in [9.17, 15) is 17.6 Å². The van der Waals surface area contributed by atoms with Crippen LogP contribution in [0.25, 0.3) is 22.0 Å². The lowest BCUT2D eigenvalue weighted by atomic mass is 9.97. The highest BCUT2D eigenvalue weighted by atomic mass is 32.2. The molecule has 4 aromatic rings. The summed E-state index contributed by atoms with van der Waals surface area (Å²) in [6, 6.07) is 17.1. The Morgan fingerprint density at radius 3 is 2.45 bits per heavy atom. The highest BCUT2D eigenvalue weighted by molar-refractivity contribution is 7.89. The van der Waals surface area contributed by atoms with Crippen LogP contribution < -0.4 is 4.90 Å². The molecule has 0 saturated carbocycles. The van der Waals surface area contributed by atoms with Gasteiger partial charge in [-0.2, -0.15) is 4.31 Å². The molecule has 6 rings (SSSR count). The number of rotatable bonds is 5. The molecule has 1 amide bonds. The van der Waals surface area contributed by atoms with E-state index in [0.717, 1.165) is 22.2 Å². The van der Waals surface area contributed by atoms with E-state index < -0.39 is 10.0 Å². The maximum atomic E-state index is 13.7. The highest BCUT2D eigenvalue weighted by Gasteiger charge is 2.36. The second-order valence-electron chi connectivity index (χ2n) is 10.3. The summed E-state index contributed by atoms with van der Waals surface area (Å²) in [5.41, 5.74) is 3.39. The number of fused-ring (bicyclic) bond motifs is 1. The average molecular weight is 560 g/mol. The van der Waals surface area contributed by atoms with Crippen molar-refractivity contribution in [2.24, 2.45) is 5.92 Å². The number of aromatic nitrogens is 2. The third-order valence-corrected chi connectivity index (χ3v) is 9.71. The van der Waals surface area contributed by atoms with E-state index in [0.29, 0.717) is 51.1 Å². The van der Waals surface area contributed by atoms with Gasteiger partial charge < -0.3 is 9.80 Å². The van der Waals surface area contributed by atoms with Crippen LogP contribution in [0.1, 0.15) is 12.8 Å². The molecule has 1 unspecified atom stereocenters. The van der Waals surface area contributed by atoms with Gasteiger partial charge in [-0.15, -0.1) is 0 Å². The molecule has 206 valence electrons. The monoisotopic (exact) mass is 559 g/mol. The number of carbonyl (C=O) groups is 1. The minimum atomic E-state index is -3.72. The lowest BCUT2D eigenvalue weighted by Crippen LogP contribution is -2.53. The molecule has 2 aliphatic rings. The summed E-state index contributed by atoms with van der Waals surface area (Å²) in [5, 5.41) is 0.880. The summed E-state index contributed by atoms with van der Waals surface area (Å²) >= 11 is 0. The number of benzene rings is 2. The topological polar surface area (TPSA) is 86.7 Å². The zero-order valence-corrected chi connectivity index (χ0v) is 22.8. The Bertz CT molecular complexity index is 1620. The Hall–Kier alpha value is -3.89. The lowest BCUT2D eigenvalue weighted by Gasteiger charge is -2.39. The molecule has 8 nitrogen and oxygen atoms in total. The fraction of sp³-hybridized carbons (Fsp3) is 0.300. The number of anilines is 1. The summed E-state index contributed by atoms with van der Waals surface area (Å²) in [6.45, 7) is 2.96. The fourth-order valence-electron chi connectivity index (χ4n) is 5.67. The van der Waals surface area contributed by atoms with Crippen molar-refractivity contribution in [3.05, 3.63) is 85.1 Å². The maximum Gasteiger partial charge on any atom is 0.243 e. The van der Waals surface area contributed by atoms with Crippen molar-refractivity contribution in [3.63, 3.8) is 0 Å². The molecule has 0 radical (unpaired) electrons. The van der Waals surface area contributed by atoms with E-state index in [1.807, 2.05) is 23.1 Å². The van der Waals surface area contributed by atoms with Crippen molar-refractivity contribution < 1.29 is 17.6 Å². The molecule has 0 N–H and O–H groups in total. The van der Waals surface area contributed by atoms with Gasteiger partial charge in [0.25, 0.3) is 0 Å². The first-order chi connectivity index (χ1) is 19.4. The van der Waals surface area contributed by atoms with Crippen LogP contribution in [0.15, 0.2) is 84.1 Å². The van der Waals surface area contributed by atoms with Crippen molar-refractivity contribution in [1.82, 2.24) is 19.2 Å². The van der Waals surface area contributed by atoms with Crippen LogP contribution in [-0.4, -0.2) is 72.8 Å². The van der Waals surface area contributed by atoms with Gasteiger partial charge >= 0.3 is 0 Å². The molecule has 2 fully saturated rings. The van der Waals surface area contributed by atoms with Crippen LogP contribution >= 0.6 is 0 Å². The van der Waals surface area contributed by atoms with E-state index in [1.54, 1.807) is 48.9 Å². The smallest absolute Gasteiger partial charge is 0.243 e. The first-order valence-corrected chi connectivity index (χ1v) is 14.9. The molecule has 0 bridgehead atoms. The number of sulfonamides is 1. The number of piperazine rings is 1. The minimum Gasteiger partial charge on any atom is -0.367 e. The molecular weight excluding hydrogens is 529 g/mol. The third kappa shape index (κ3) is 5.16. The Labute approximate surface area is 233 Å². The lowest BCUT2D eigenvalue weighted by molar-refractivity contribution is -0.137. The van der Waals surface area contributed by atoms with E-state index in [1.165, 1.54) is 16.4 Å². The van der Waals surface area contributed by atoms with Gasteiger partial charge in [-0.25, -0.2) is 12.8 Å². The SMILES string of the molecule is O=C(C1CCCN(S(=O)(=O)c2ccc(-c3cccnc3)cc2)C1)N1CCN(c2ccnc3cc(F)ccc23)CC1. The molecule has 2 aromatic carbocycles. The molecule has 2 aliphatic heterocycles. The quantitative estimate of drug-likeness (QED) is 0.365.